The standard InChI is InChI=1S/C26H25N3O4/c1-16-9-8-14-23(17(16)2)33-18(3)26(32)28-27-24(30)15-29-21-12-6-4-10-19(21)25(31)20-11-5-7-13-22(20)29/h4-14,18H,15H2,1-3H3,(H,27,30)(H,28,32). The Bertz CT molecular complexity index is 1360. The Kier molecular flexibility index (Phi) is 6.13. The number of aryl methyl sites for hydroxylation is 1. The monoisotopic (exact) mass is 443 g/mol. The van der Waals surface area contributed by atoms with E-state index in [0.29, 0.717) is 27.6 Å². The number of carbonyl (C=O) groups is 2. The van der Waals surface area contributed by atoms with Crippen LogP contribution in [0.3, 0.4) is 0 Å². The molecule has 7 nitrogen and oxygen atoms in total. The zero-order valence-electron chi connectivity index (χ0n) is 18.7. The molecule has 0 aliphatic rings. The minimum absolute atomic E-state index is 0.0756. The molecule has 168 valence electrons. The van der Waals surface area contributed by atoms with Gasteiger partial charge in [0.05, 0.1) is 11.0 Å². The molecular formula is C26H25N3O4. The first kappa shape index (κ1) is 22.1. The highest BCUT2D eigenvalue weighted by molar-refractivity contribution is 5.95. The lowest BCUT2D eigenvalue weighted by molar-refractivity contribution is -0.132. The van der Waals surface area contributed by atoms with Crippen LogP contribution < -0.4 is 21.0 Å². The topological polar surface area (TPSA) is 89.4 Å². The van der Waals surface area contributed by atoms with Crippen LogP contribution in [0.5, 0.6) is 5.75 Å². The fourth-order valence-corrected chi connectivity index (χ4v) is 3.76. The summed E-state index contributed by atoms with van der Waals surface area (Å²) in [6.45, 7) is 5.44. The molecule has 0 aliphatic carbocycles. The molecule has 0 aliphatic heterocycles. The third-order valence-electron chi connectivity index (χ3n) is 5.73. The Morgan fingerprint density at radius 3 is 2.12 bits per heavy atom. The van der Waals surface area contributed by atoms with Crippen molar-refractivity contribution < 1.29 is 14.3 Å². The largest absolute Gasteiger partial charge is 0.481 e. The molecule has 3 aromatic carbocycles. The van der Waals surface area contributed by atoms with E-state index in [0.717, 1.165) is 11.1 Å². The molecule has 2 N–H and O–H groups in total. The number of benzene rings is 3. The summed E-state index contributed by atoms with van der Waals surface area (Å²) in [5, 5.41) is 1.06. The highest BCUT2D eigenvalue weighted by Gasteiger charge is 2.18. The predicted octanol–water partition coefficient (Wildman–Crippen LogP) is 3.39. The normalized spacial score (nSPS) is 11.8. The maximum Gasteiger partial charge on any atom is 0.279 e. The minimum Gasteiger partial charge on any atom is -0.481 e. The van der Waals surface area contributed by atoms with E-state index in [2.05, 4.69) is 10.9 Å². The number of rotatable bonds is 5. The van der Waals surface area contributed by atoms with E-state index in [1.54, 1.807) is 54.0 Å². The first-order valence-corrected chi connectivity index (χ1v) is 10.7. The lowest BCUT2D eigenvalue weighted by Crippen LogP contribution is -2.48. The molecular weight excluding hydrogens is 418 g/mol. The number of carbonyl (C=O) groups excluding carboxylic acids is 2. The summed E-state index contributed by atoms with van der Waals surface area (Å²) in [6, 6.07) is 19.9. The summed E-state index contributed by atoms with van der Waals surface area (Å²) in [7, 11) is 0. The van der Waals surface area contributed by atoms with Crippen molar-refractivity contribution in [1.29, 1.82) is 0 Å². The lowest BCUT2D eigenvalue weighted by atomic mass is 10.1. The maximum absolute atomic E-state index is 12.8. The predicted molar refractivity (Wildman–Crippen MR) is 128 cm³/mol. The van der Waals surface area contributed by atoms with Crippen molar-refractivity contribution in [3.05, 3.63) is 88.1 Å². The summed E-state index contributed by atoms with van der Waals surface area (Å²) in [5.41, 5.74) is 8.11. The SMILES string of the molecule is Cc1cccc(OC(C)C(=O)NNC(=O)Cn2c3ccccc3c(=O)c3ccccc32)c1C. The van der Waals surface area contributed by atoms with Crippen molar-refractivity contribution in [3.63, 3.8) is 0 Å². The van der Waals surface area contributed by atoms with Gasteiger partial charge in [0.1, 0.15) is 12.3 Å². The first-order valence-electron chi connectivity index (χ1n) is 10.7. The van der Waals surface area contributed by atoms with Gasteiger partial charge in [-0.2, -0.15) is 0 Å². The minimum atomic E-state index is -0.806. The van der Waals surface area contributed by atoms with Crippen molar-refractivity contribution in [1.82, 2.24) is 15.4 Å². The zero-order chi connectivity index (χ0) is 23.5. The molecule has 1 aromatic heterocycles. The number of fused-ring (bicyclic) bond motifs is 2. The molecule has 1 heterocycles. The molecule has 4 aromatic rings. The van der Waals surface area contributed by atoms with Gasteiger partial charge >= 0.3 is 0 Å². The summed E-state index contributed by atoms with van der Waals surface area (Å²) in [5.74, 6) is -0.282. The number of amides is 2. The van der Waals surface area contributed by atoms with Gasteiger partial charge in [-0.05, 0) is 62.2 Å². The van der Waals surface area contributed by atoms with E-state index >= 15 is 0 Å². The Labute approximate surface area is 191 Å². The van der Waals surface area contributed by atoms with Gasteiger partial charge < -0.3 is 9.30 Å². The van der Waals surface area contributed by atoms with Crippen LogP contribution in [0.25, 0.3) is 21.8 Å². The zero-order valence-corrected chi connectivity index (χ0v) is 18.7. The van der Waals surface area contributed by atoms with Gasteiger partial charge in [-0.25, -0.2) is 0 Å². The fourth-order valence-electron chi connectivity index (χ4n) is 3.76. The Morgan fingerprint density at radius 2 is 1.48 bits per heavy atom. The van der Waals surface area contributed by atoms with Crippen LogP contribution in [0.1, 0.15) is 18.1 Å². The smallest absolute Gasteiger partial charge is 0.279 e. The number of ether oxygens (including phenoxy) is 1. The van der Waals surface area contributed by atoms with E-state index < -0.39 is 17.9 Å². The van der Waals surface area contributed by atoms with Gasteiger partial charge in [-0.1, -0.05) is 36.4 Å². The molecule has 0 fully saturated rings. The van der Waals surface area contributed by atoms with Crippen LogP contribution in [0.4, 0.5) is 0 Å². The number of hydrogen-bond donors (Lipinski definition) is 2. The third-order valence-corrected chi connectivity index (χ3v) is 5.73. The average Bonchev–Trinajstić information content (AvgIpc) is 2.83. The second-order valence-electron chi connectivity index (χ2n) is 7.95. The van der Waals surface area contributed by atoms with Crippen molar-refractivity contribution in [2.45, 2.75) is 33.4 Å². The van der Waals surface area contributed by atoms with Gasteiger partial charge in [0.15, 0.2) is 11.5 Å². The lowest BCUT2D eigenvalue weighted by Gasteiger charge is -2.18. The highest BCUT2D eigenvalue weighted by atomic mass is 16.5. The quantitative estimate of drug-likeness (QED) is 0.366. The summed E-state index contributed by atoms with van der Waals surface area (Å²) in [6.07, 6.45) is -0.806. The number of para-hydroxylation sites is 2. The Hall–Kier alpha value is -4.13. The van der Waals surface area contributed by atoms with E-state index in [1.807, 2.05) is 38.1 Å². The van der Waals surface area contributed by atoms with Gasteiger partial charge in [-0.3, -0.25) is 25.2 Å². The number of aromatic nitrogens is 1. The fraction of sp³-hybridized carbons (Fsp3) is 0.192. The number of pyridine rings is 1. The van der Waals surface area contributed by atoms with Crippen molar-refractivity contribution in [3.8, 4) is 5.75 Å². The molecule has 0 saturated heterocycles. The molecule has 1 atom stereocenters. The maximum atomic E-state index is 12.8. The Balaban J connectivity index is 1.49. The van der Waals surface area contributed by atoms with Gasteiger partial charge in [0.25, 0.3) is 11.8 Å². The summed E-state index contributed by atoms with van der Waals surface area (Å²) >= 11 is 0. The molecule has 0 radical (unpaired) electrons. The number of nitrogens with zero attached hydrogens (tertiary/aromatic N) is 1. The van der Waals surface area contributed by atoms with Crippen LogP contribution >= 0.6 is 0 Å². The summed E-state index contributed by atoms with van der Waals surface area (Å²) < 4.78 is 7.53. The first-order chi connectivity index (χ1) is 15.9. The molecule has 7 heteroatoms. The number of hydrogen-bond acceptors (Lipinski definition) is 4. The molecule has 2 amide bonds. The second kappa shape index (κ2) is 9.16. The molecule has 33 heavy (non-hydrogen) atoms. The van der Waals surface area contributed by atoms with Crippen molar-refractivity contribution in [2.24, 2.45) is 0 Å². The van der Waals surface area contributed by atoms with Crippen LogP contribution in [0.15, 0.2) is 71.5 Å². The van der Waals surface area contributed by atoms with Crippen LogP contribution in [0.2, 0.25) is 0 Å². The number of nitrogens with one attached hydrogen (secondary N) is 2. The average molecular weight is 444 g/mol. The van der Waals surface area contributed by atoms with Crippen LogP contribution in [-0.2, 0) is 16.1 Å². The molecule has 0 bridgehead atoms. The van der Waals surface area contributed by atoms with Crippen LogP contribution in [-0.4, -0.2) is 22.5 Å². The summed E-state index contributed by atoms with van der Waals surface area (Å²) in [4.78, 5) is 38.0. The molecule has 4 rings (SSSR count). The third kappa shape index (κ3) is 4.43. The van der Waals surface area contributed by atoms with E-state index in [4.69, 9.17) is 4.74 Å². The van der Waals surface area contributed by atoms with E-state index in [1.165, 1.54) is 0 Å². The number of hydrazine groups is 1. The van der Waals surface area contributed by atoms with Crippen LogP contribution in [0, 0.1) is 13.8 Å². The van der Waals surface area contributed by atoms with E-state index in [-0.39, 0.29) is 12.0 Å². The van der Waals surface area contributed by atoms with Crippen molar-refractivity contribution in [2.75, 3.05) is 0 Å². The molecule has 1 unspecified atom stereocenters. The van der Waals surface area contributed by atoms with Gasteiger partial charge in [-0.15, -0.1) is 0 Å². The Morgan fingerprint density at radius 1 is 0.879 bits per heavy atom. The highest BCUT2D eigenvalue weighted by Crippen LogP contribution is 2.22. The van der Waals surface area contributed by atoms with E-state index in [9.17, 15) is 14.4 Å². The van der Waals surface area contributed by atoms with Crippen molar-refractivity contribution >= 4 is 33.6 Å². The molecule has 0 spiro atoms. The second-order valence-corrected chi connectivity index (χ2v) is 7.95. The molecule has 0 saturated carbocycles. The van der Waals surface area contributed by atoms with Gasteiger partial charge in [0.2, 0.25) is 0 Å². The van der Waals surface area contributed by atoms with Gasteiger partial charge in [0, 0.05) is 10.8 Å².